The Morgan fingerprint density at radius 2 is 1.74 bits per heavy atom. The Balaban J connectivity index is 2.22. The van der Waals surface area contributed by atoms with E-state index in [4.69, 9.17) is 14.2 Å². The lowest BCUT2D eigenvalue weighted by molar-refractivity contribution is -0.384. The Morgan fingerprint density at radius 1 is 1.04 bits per heavy atom. The van der Waals surface area contributed by atoms with Crippen molar-refractivity contribution in [1.29, 1.82) is 0 Å². The van der Waals surface area contributed by atoms with E-state index in [1.54, 1.807) is 24.3 Å². The molecule has 0 unspecified atom stereocenters. The molecule has 0 aliphatic carbocycles. The minimum atomic E-state index is -0.655. The van der Waals surface area contributed by atoms with Gasteiger partial charge < -0.3 is 14.2 Å². The molecule has 8 nitrogen and oxygen atoms in total. The van der Waals surface area contributed by atoms with Crippen LogP contribution in [0.2, 0.25) is 0 Å². The summed E-state index contributed by atoms with van der Waals surface area (Å²) in [5.41, 5.74) is 1.02. The second kappa shape index (κ2) is 9.44. The van der Waals surface area contributed by atoms with E-state index in [0.29, 0.717) is 24.2 Å². The van der Waals surface area contributed by atoms with Crippen LogP contribution in [0.5, 0.6) is 0 Å². The first-order valence-electron chi connectivity index (χ1n) is 8.09. The second-order valence-electron chi connectivity index (χ2n) is 5.60. The fraction of sp³-hybridized carbons (Fsp3) is 0.263. The molecule has 0 aliphatic heterocycles. The number of nitrogens with zero attached hydrogens (tertiary/aromatic N) is 1. The summed E-state index contributed by atoms with van der Waals surface area (Å²) in [5, 5.41) is 10.7. The normalized spacial score (nSPS) is 11.5. The Labute approximate surface area is 155 Å². The van der Waals surface area contributed by atoms with Crippen molar-refractivity contribution in [3.63, 3.8) is 0 Å². The molecule has 0 amide bonds. The smallest absolute Gasteiger partial charge is 0.338 e. The van der Waals surface area contributed by atoms with Gasteiger partial charge in [-0.15, -0.1) is 0 Å². The topological polar surface area (TPSA) is 105 Å². The number of hydrogen-bond acceptors (Lipinski definition) is 7. The van der Waals surface area contributed by atoms with E-state index in [2.05, 4.69) is 0 Å². The summed E-state index contributed by atoms with van der Waals surface area (Å²) in [4.78, 5) is 34.3. The molecule has 0 aromatic heterocycles. The number of nitro groups is 1. The van der Waals surface area contributed by atoms with Gasteiger partial charge in [0.15, 0.2) is 0 Å². The molecule has 1 atom stereocenters. The Kier molecular flexibility index (Phi) is 7.01. The molecule has 0 heterocycles. The van der Waals surface area contributed by atoms with Crippen LogP contribution in [0.25, 0.3) is 0 Å². The largest absolute Gasteiger partial charge is 0.465 e. The number of hydrogen-bond donors (Lipinski definition) is 0. The molecule has 0 saturated carbocycles. The third-order valence-electron chi connectivity index (χ3n) is 3.83. The van der Waals surface area contributed by atoms with Crippen LogP contribution in [-0.4, -0.2) is 37.7 Å². The van der Waals surface area contributed by atoms with Crippen LogP contribution in [0.4, 0.5) is 5.69 Å². The molecule has 0 radical (unpaired) electrons. The average molecular weight is 373 g/mol. The highest BCUT2D eigenvalue weighted by atomic mass is 16.6. The number of methoxy groups -OCH3 is 2. The zero-order valence-corrected chi connectivity index (χ0v) is 14.9. The van der Waals surface area contributed by atoms with Crippen molar-refractivity contribution in [3.05, 3.63) is 75.3 Å². The van der Waals surface area contributed by atoms with Crippen LogP contribution in [0.1, 0.15) is 38.8 Å². The molecule has 0 N–H and O–H groups in total. The van der Waals surface area contributed by atoms with Crippen LogP contribution in [0.15, 0.2) is 48.5 Å². The number of carbonyl (C=O) groups is 2. The second-order valence-corrected chi connectivity index (χ2v) is 5.60. The molecule has 142 valence electrons. The molecule has 0 saturated heterocycles. The third-order valence-corrected chi connectivity index (χ3v) is 3.83. The molecule has 2 rings (SSSR count). The van der Waals surface area contributed by atoms with Crippen LogP contribution < -0.4 is 0 Å². The van der Waals surface area contributed by atoms with Gasteiger partial charge in [0.2, 0.25) is 0 Å². The zero-order chi connectivity index (χ0) is 19.8. The summed E-state index contributed by atoms with van der Waals surface area (Å²) in [6.45, 7) is 0.334. The van der Waals surface area contributed by atoms with Crippen molar-refractivity contribution in [3.8, 4) is 0 Å². The van der Waals surface area contributed by atoms with Crippen molar-refractivity contribution in [2.45, 2.75) is 12.5 Å². The van der Waals surface area contributed by atoms with Gasteiger partial charge in [0.05, 0.1) is 29.8 Å². The first-order valence-corrected chi connectivity index (χ1v) is 8.09. The number of nitro benzene ring substituents is 1. The van der Waals surface area contributed by atoms with Gasteiger partial charge in [-0.3, -0.25) is 10.1 Å². The molecule has 27 heavy (non-hydrogen) atoms. The van der Waals surface area contributed by atoms with Gasteiger partial charge in [0.25, 0.3) is 5.69 Å². The standard InChI is InChI=1S/C19H19NO7/c1-25-11-10-17(14-4-3-5-15(12-14)18(21)26-2)27-19(22)13-6-8-16(9-7-13)20(23)24/h3-9,12,17H,10-11H2,1-2H3/t17-/m1/s1. The van der Waals surface area contributed by atoms with Crippen LogP contribution in [0.3, 0.4) is 0 Å². The molecule has 0 fully saturated rings. The van der Waals surface area contributed by atoms with E-state index >= 15 is 0 Å². The van der Waals surface area contributed by atoms with Gasteiger partial charge in [-0.05, 0) is 29.8 Å². The average Bonchev–Trinajstić information content (AvgIpc) is 2.70. The van der Waals surface area contributed by atoms with E-state index in [0.717, 1.165) is 0 Å². The minimum absolute atomic E-state index is 0.117. The van der Waals surface area contributed by atoms with Gasteiger partial charge >= 0.3 is 11.9 Å². The van der Waals surface area contributed by atoms with E-state index in [1.807, 2.05) is 0 Å². The Hall–Kier alpha value is -3.26. The van der Waals surface area contributed by atoms with Gasteiger partial charge in [-0.2, -0.15) is 0 Å². The summed E-state index contributed by atoms with van der Waals surface area (Å²) < 4.78 is 15.3. The third kappa shape index (κ3) is 5.35. The van der Waals surface area contributed by atoms with E-state index in [-0.39, 0.29) is 11.3 Å². The monoisotopic (exact) mass is 373 g/mol. The quantitative estimate of drug-likeness (QED) is 0.397. The number of rotatable bonds is 8. The maximum atomic E-state index is 12.4. The highest BCUT2D eigenvalue weighted by Gasteiger charge is 2.20. The van der Waals surface area contributed by atoms with Gasteiger partial charge in [-0.1, -0.05) is 12.1 Å². The summed E-state index contributed by atoms with van der Waals surface area (Å²) in [7, 11) is 2.81. The van der Waals surface area contributed by atoms with Crippen LogP contribution in [0, 0.1) is 10.1 Å². The van der Waals surface area contributed by atoms with Crippen molar-refractivity contribution in [2.75, 3.05) is 20.8 Å². The first kappa shape index (κ1) is 20.1. The predicted molar refractivity (Wildman–Crippen MR) is 95.5 cm³/mol. The van der Waals surface area contributed by atoms with Crippen molar-refractivity contribution in [2.24, 2.45) is 0 Å². The minimum Gasteiger partial charge on any atom is -0.465 e. The Bertz CT molecular complexity index is 817. The maximum Gasteiger partial charge on any atom is 0.338 e. The molecule has 0 spiro atoms. The number of benzene rings is 2. The van der Waals surface area contributed by atoms with Gasteiger partial charge in [0.1, 0.15) is 6.10 Å². The lowest BCUT2D eigenvalue weighted by Gasteiger charge is -2.18. The summed E-state index contributed by atoms with van der Waals surface area (Å²) in [6, 6.07) is 11.7. The number of ether oxygens (including phenoxy) is 3. The fourth-order valence-corrected chi connectivity index (χ4v) is 2.42. The van der Waals surface area contributed by atoms with E-state index in [9.17, 15) is 19.7 Å². The lowest BCUT2D eigenvalue weighted by Crippen LogP contribution is -2.14. The van der Waals surface area contributed by atoms with Crippen molar-refractivity contribution in [1.82, 2.24) is 0 Å². The summed E-state index contributed by atoms with van der Waals surface area (Å²) >= 11 is 0. The van der Waals surface area contributed by atoms with E-state index in [1.165, 1.54) is 38.5 Å². The molecule has 0 aliphatic rings. The SMILES string of the molecule is COCC[C@@H](OC(=O)c1ccc([N+](=O)[O-])cc1)c1cccc(C(=O)OC)c1. The van der Waals surface area contributed by atoms with Gasteiger partial charge in [0, 0.05) is 25.7 Å². The fourth-order valence-electron chi connectivity index (χ4n) is 2.42. The highest BCUT2D eigenvalue weighted by Crippen LogP contribution is 2.25. The van der Waals surface area contributed by atoms with Crippen molar-refractivity contribution < 1.29 is 28.7 Å². The molecular formula is C19H19NO7. The molecular weight excluding hydrogens is 354 g/mol. The zero-order valence-electron chi connectivity index (χ0n) is 14.9. The molecule has 2 aromatic carbocycles. The van der Waals surface area contributed by atoms with Crippen LogP contribution in [-0.2, 0) is 14.2 Å². The first-order chi connectivity index (χ1) is 13.0. The maximum absolute atomic E-state index is 12.4. The molecule has 0 bridgehead atoms. The predicted octanol–water partition coefficient (Wildman–Crippen LogP) is 3.32. The van der Waals surface area contributed by atoms with Gasteiger partial charge in [-0.25, -0.2) is 9.59 Å². The van der Waals surface area contributed by atoms with E-state index < -0.39 is 23.0 Å². The summed E-state index contributed by atoms with van der Waals surface area (Å²) in [5.74, 6) is -1.13. The number of esters is 2. The lowest BCUT2D eigenvalue weighted by atomic mass is 10.0. The summed E-state index contributed by atoms with van der Waals surface area (Å²) in [6.07, 6.45) is -0.280. The molecule has 8 heteroatoms. The van der Waals surface area contributed by atoms with Crippen LogP contribution >= 0.6 is 0 Å². The number of carbonyl (C=O) groups excluding carboxylic acids is 2. The molecule has 2 aromatic rings. The van der Waals surface area contributed by atoms with Crippen molar-refractivity contribution >= 4 is 17.6 Å². The Morgan fingerprint density at radius 3 is 2.33 bits per heavy atom. The number of non-ortho nitro benzene ring substituents is 1. The highest BCUT2D eigenvalue weighted by molar-refractivity contribution is 5.90.